The molecule has 1 heterocycles. The zero-order valence-electron chi connectivity index (χ0n) is 8.66. The van der Waals surface area contributed by atoms with Gasteiger partial charge in [0.25, 0.3) is 5.91 Å². The second kappa shape index (κ2) is 5.95. The molecule has 1 amide bonds. The second-order valence-corrected chi connectivity index (χ2v) is 3.46. The SMILES string of the molecule is CCCC(C(=O)NN)N1CCOCC1. The maximum atomic E-state index is 11.5. The van der Waals surface area contributed by atoms with E-state index < -0.39 is 0 Å². The molecule has 0 aliphatic carbocycles. The molecule has 14 heavy (non-hydrogen) atoms. The minimum Gasteiger partial charge on any atom is -0.379 e. The topological polar surface area (TPSA) is 67.6 Å². The highest BCUT2D eigenvalue weighted by Gasteiger charge is 2.25. The van der Waals surface area contributed by atoms with Gasteiger partial charge in [0, 0.05) is 13.1 Å². The molecule has 1 rings (SSSR count). The van der Waals surface area contributed by atoms with E-state index >= 15 is 0 Å². The van der Waals surface area contributed by atoms with Crippen LogP contribution >= 0.6 is 0 Å². The Balaban J connectivity index is 2.50. The fourth-order valence-corrected chi connectivity index (χ4v) is 1.74. The number of ether oxygens (including phenoxy) is 1. The first-order chi connectivity index (χ1) is 6.79. The molecule has 0 spiro atoms. The first kappa shape index (κ1) is 11.4. The molecule has 0 aromatic carbocycles. The van der Waals surface area contributed by atoms with Crippen molar-refractivity contribution in [3.8, 4) is 0 Å². The van der Waals surface area contributed by atoms with Crippen LogP contribution in [0.4, 0.5) is 0 Å². The Bertz CT molecular complexity index is 181. The van der Waals surface area contributed by atoms with E-state index in [1.807, 2.05) is 0 Å². The number of carbonyl (C=O) groups is 1. The number of hydrogen-bond acceptors (Lipinski definition) is 4. The summed E-state index contributed by atoms with van der Waals surface area (Å²) in [4.78, 5) is 13.6. The van der Waals surface area contributed by atoms with E-state index in [1.54, 1.807) is 0 Å². The number of amides is 1. The minimum atomic E-state index is -0.0891. The zero-order valence-corrected chi connectivity index (χ0v) is 8.66. The molecule has 0 aromatic rings. The van der Waals surface area contributed by atoms with E-state index in [0.717, 1.165) is 25.9 Å². The molecule has 0 bridgehead atoms. The summed E-state index contributed by atoms with van der Waals surface area (Å²) in [5, 5.41) is 0. The lowest BCUT2D eigenvalue weighted by atomic mass is 10.1. The third-order valence-corrected chi connectivity index (χ3v) is 2.49. The average molecular weight is 201 g/mol. The van der Waals surface area contributed by atoms with Crippen molar-refractivity contribution in [2.45, 2.75) is 25.8 Å². The molecule has 3 N–H and O–H groups in total. The van der Waals surface area contributed by atoms with Crippen LogP contribution in [0.2, 0.25) is 0 Å². The van der Waals surface area contributed by atoms with Crippen molar-refractivity contribution in [1.29, 1.82) is 0 Å². The molecule has 1 atom stereocenters. The quantitative estimate of drug-likeness (QED) is 0.365. The number of nitrogens with two attached hydrogens (primary N) is 1. The van der Waals surface area contributed by atoms with Gasteiger partial charge in [0.15, 0.2) is 0 Å². The fourth-order valence-electron chi connectivity index (χ4n) is 1.74. The van der Waals surface area contributed by atoms with E-state index in [9.17, 15) is 4.79 Å². The van der Waals surface area contributed by atoms with Crippen LogP contribution in [0.3, 0.4) is 0 Å². The number of nitrogens with zero attached hydrogens (tertiary/aromatic N) is 1. The number of rotatable bonds is 4. The molecular formula is C9H19N3O2. The summed E-state index contributed by atoms with van der Waals surface area (Å²) < 4.78 is 5.24. The normalized spacial score (nSPS) is 20.4. The van der Waals surface area contributed by atoms with Crippen molar-refractivity contribution in [2.24, 2.45) is 5.84 Å². The lowest BCUT2D eigenvalue weighted by Gasteiger charge is -2.32. The summed E-state index contributed by atoms with van der Waals surface area (Å²) in [6.45, 7) is 5.11. The number of nitrogens with one attached hydrogen (secondary N) is 1. The molecule has 5 nitrogen and oxygen atoms in total. The van der Waals surface area contributed by atoms with E-state index in [4.69, 9.17) is 10.6 Å². The Labute approximate surface area is 84.5 Å². The highest BCUT2D eigenvalue weighted by atomic mass is 16.5. The van der Waals surface area contributed by atoms with Crippen molar-refractivity contribution < 1.29 is 9.53 Å². The molecule has 1 saturated heterocycles. The number of carbonyl (C=O) groups excluding carboxylic acids is 1. The summed E-state index contributed by atoms with van der Waals surface area (Å²) in [7, 11) is 0. The van der Waals surface area contributed by atoms with Gasteiger partial charge in [-0.05, 0) is 6.42 Å². The van der Waals surface area contributed by atoms with Crippen LogP contribution < -0.4 is 11.3 Å². The smallest absolute Gasteiger partial charge is 0.251 e. The third kappa shape index (κ3) is 2.94. The Hall–Kier alpha value is -0.650. The average Bonchev–Trinajstić information content (AvgIpc) is 2.26. The summed E-state index contributed by atoms with van der Waals surface area (Å²) in [6, 6.07) is -0.0890. The van der Waals surface area contributed by atoms with Gasteiger partial charge in [0.2, 0.25) is 0 Å². The van der Waals surface area contributed by atoms with Crippen LogP contribution in [0, 0.1) is 0 Å². The van der Waals surface area contributed by atoms with E-state index in [2.05, 4.69) is 17.2 Å². The van der Waals surface area contributed by atoms with Gasteiger partial charge in [-0.2, -0.15) is 0 Å². The molecule has 0 radical (unpaired) electrons. The Morgan fingerprint density at radius 2 is 2.21 bits per heavy atom. The lowest BCUT2D eigenvalue weighted by molar-refractivity contribution is -0.128. The standard InChI is InChI=1S/C9H19N3O2/c1-2-3-8(9(13)11-10)12-4-6-14-7-5-12/h8H,2-7,10H2,1H3,(H,11,13). The third-order valence-electron chi connectivity index (χ3n) is 2.49. The molecular weight excluding hydrogens is 182 g/mol. The second-order valence-electron chi connectivity index (χ2n) is 3.46. The molecule has 1 unspecified atom stereocenters. The number of hydrogen-bond donors (Lipinski definition) is 2. The molecule has 0 saturated carbocycles. The van der Waals surface area contributed by atoms with Crippen LogP contribution in [0.5, 0.6) is 0 Å². The number of morpholine rings is 1. The van der Waals surface area contributed by atoms with Gasteiger partial charge in [0.1, 0.15) is 0 Å². The van der Waals surface area contributed by atoms with E-state index in [-0.39, 0.29) is 11.9 Å². The fraction of sp³-hybridized carbons (Fsp3) is 0.889. The van der Waals surface area contributed by atoms with Crippen molar-refractivity contribution in [3.05, 3.63) is 0 Å². The lowest BCUT2D eigenvalue weighted by Crippen LogP contribution is -2.52. The molecule has 5 heteroatoms. The molecule has 1 fully saturated rings. The molecule has 0 aromatic heterocycles. The van der Waals surface area contributed by atoms with Gasteiger partial charge in [0.05, 0.1) is 19.3 Å². The first-order valence-corrected chi connectivity index (χ1v) is 5.11. The van der Waals surface area contributed by atoms with Crippen LogP contribution in [-0.2, 0) is 9.53 Å². The van der Waals surface area contributed by atoms with Crippen molar-refractivity contribution >= 4 is 5.91 Å². The monoisotopic (exact) mass is 201 g/mol. The molecule has 82 valence electrons. The van der Waals surface area contributed by atoms with Gasteiger partial charge in [-0.3, -0.25) is 15.1 Å². The maximum Gasteiger partial charge on any atom is 0.251 e. The largest absolute Gasteiger partial charge is 0.379 e. The van der Waals surface area contributed by atoms with Gasteiger partial charge in [-0.25, -0.2) is 5.84 Å². The predicted molar refractivity (Wildman–Crippen MR) is 53.4 cm³/mol. The highest BCUT2D eigenvalue weighted by Crippen LogP contribution is 2.09. The summed E-state index contributed by atoms with van der Waals surface area (Å²) in [5.41, 5.74) is 2.23. The predicted octanol–water partition coefficient (Wildman–Crippen LogP) is -0.523. The zero-order chi connectivity index (χ0) is 10.4. The summed E-state index contributed by atoms with van der Waals surface area (Å²) in [6.07, 6.45) is 1.83. The van der Waals surface area contributed by atoms with Crippen LogP contribution in [0.25, 0.3) is 0 Å². The summed E-state index contributed by atoms with van der Waals surface area (Å²) >= 11 is 0. The van der Waals surface area contributed by atoms with Gasteiger partial charge in [-0.1, -0.05) is 13.3 Å². The van der Waals surface area contributed by atoms with Crippen molar-refractivity contribution in [1.82, 2.24) is 10.3 Å². The van der Waals surface area contributed by atoms with Crippen molar-refractivity contribution in [2.75, 3.05) is 26.3 Å². The van der Waals surface area contributed by atoms with Crippen LogP contribution in [0.1, 0.15) is 19.8 Å². The van der Waals surface area contributed by atoms with Gasteiger partial charge < -0.3 is 4.74 Å². The van der Waals surface area contributed by atoms with Crippen LogP contribution in [-0.4, -0.2) is 43.2 Å². The van der Waals surface area contributed by atoms with Gasteiger partial charge in [-0.15, -0.1) is 0 Å². The van der Waals surface area contributed by atoms with Gasteiger partial charge >= 0.3 is 0 Å². The Morgan fingerprint density at radius 1 is 1.57 bits per heavy atom. The highest BCUT2D eigenvalue weighted by molar-refractivity contribution is 5.81. The van der Waals surface area contributed by atoms with E-state index in [1.165, 1.54) is 0 Å². The Morgan fingerprint density at radius 3 is 2.71 bits per heavy atom. The molecule has 1 aliphatic rings. The summed E-state index contributed by atoms with van der Waals surface area (Å²) in [5.74, 6) is 5.06. The molecule has 1 aliphatic heterocycles. The maximum absolute atomic E-state index is 11.5. The van der Waals surface area contributed by atoms with E-state index in [0.29, 0.717) is 13.2 Å². The Kier molecular flexibility index (Phi) is 4.86. The van der Waals surface area contributed by atoms with Crippen molar-refractivity contribution in [3.63, 3.8) is 0 Å². The minimum absolute atomic E-state index is 0.0890. The number of hydrazine groups is 1. The first-order valence-electron chi connectivity index (χ1n) is 5.11. The van der Waals surface area contributed by atoms with Crippen LogP contribution in [0.15, 0.2) is 0 Å².